The van der Waals surface area contributed by atoms with Crippen molar-refractivity contribution in [3.63, 3.8) is 0 Å². The van der Waals surface area contributed by atoms with Gasteiger partial charge in [-0.1, -0.05) is 18.2 Å². The Morgan fingerprint density at radius 1 is 1.10 bits per heavy atom. The number of carbonyl (C=O) groups excluding carboxylic acids is 1. The van der Waals surface area contributed by atoms with Gasteiger partial charge < -0.3 is 19.5 Å². The quantitative estimate of drug-likeness (QED) is 0.650. The van der Waals surface area contributed by atoms with Gasteiger partial charge in [-0.15, -0.1) is 0 Å². The lowest BCUT2D eigenvalue weighted by Crippen LogP contribution is -2.27. The van der Waals surface area contributed by atoms with Crippen molar-refractivity contribution < 1.29 is 19.0 Å². The largest absolute Gasteiger partial charge is 0.497 e. The molecule has 2 aliphatic rings. The van der Waals surface area contributed by atoms with Crippen LogP contribution >= 0.6 is 0 Å². The number of methoxy groups -OCH3 is 1. The lowest BCUT2D eigenvalue weighted by molar-refractivity contribution is -0.121. The predicted molar refractivity (Wildman–Crippen MR) is 112 cm³/mol. The fourth-order valence-corrected chi connectivity index (χ4v) is 3.93. The Bertz CT molecular complexity index is 829. The molecule has 0 bridgehead atoms. The summed E-state index contributed by atoms with van der Waals surface area (Å²) in [5.41, 5.74) is 2.44. The van der Waals surface area contributed by atoms with Crippen LogP contribution in [-0.2, 0) is 11.2 Å². The van der Waals surface area contributed by atoms with E-state index in [0.29, 0.717) is 32.1 Å². The number of ether oxygens (including phenoxy) is 3. The van der Waals surface area contributed by atoms with Crippen molar-refractivity contribution in [3.05, 3.63) is 53.6 Å². The molecule has 29 heavy (non-hydrogen) atoms. The normalized spacial score (nSPS) is 16.2. The SMILES string of the molecule is COc1ccc(CCCNC(=O)CC(c2ccc3c(c2)OCCO3)C2CC2)cc1. The van der Waals surface area contributed by atoms with Crippen molar-refractivity contribution >= 4 is 5.91 Å². The minimum absolute atomic E-state index is 0.131. The molecular weight excluding hydrogens is 366 g/mol. The van der Waals surface area contributed by atoms with Crippen molar-refractivity contribution in [2.45, 2.75) is 38.0 Å². The van der Waals surface area contributed by atoms with Crippen LogP contribution < -0.4 is 19.5 Å². The van der Waals surface area contributed by atoms with Crippen LogP contribution in [0.5, 0.6) is 17.2 Å². The van der Waals surface area contributed by atoms with Crippen molar-refractivity contribution in [3.8, 4) is 17.2 Å². The lowest BCUT2D eigenvalue weighted by atomic mass is 9.90. The number of fused-ring (bicyclic) bond motifs is 1. The van der Waals surface area contributed by atoms with E-state index in [1.807, 2.05) is 18.2 Å². The molecule has 154 valence electrons. The van der Waals surface area contributed by atoms with Crippen LogP contribution in [0.25, 0.3) is 0 Å². The molecule has 1 aliphatic carbocycles. The van der Waals surface area contributed by atoms with Crippen LogP contribution in [0.1, 0.15) is 42.7 Å². The lowest BCUT2D eigenvalue weighted by Gasteiger charge is -2.22. The molecule has 1 N–H and O–H groups in total. The fourth-order valence-electron chi connectivity index (χ4n) is 3.93. The molecule has 0 aromatic heterocycles. The Labute approximate surface area is 172 Å². The first-order valence-electron chi connectivity index (χ1n) is 10.5. The monoisotopic (exact) mass is 395 g/mol. The highest BCUT2D eigenvalue weighted by Crippen LogP contribution is 2.46. The molecule has 2 aromatic carbocycles. The zero-order chi connectivity index (χ0) is 20.1. The highest BCUT2D eigenvalue weighted by molar-refractivity contribution is 5.77. The summed E-state index contributed by atoms with van der Waals surface area (Å²) in [6, 6.07) is 14.2. The number of hydrogen-bond donors (Lipinski definition) is 1. The van der Waals surface area contributed by atoms with E-state index in [2.05, 4.69) is 29.6 Å². The predicted octanol–water partition coefficient (Wildman–Crippen LogP) is 4.10. The summed E-state index contributed by atoms with van der Waals surface area (Å²) >= 11 is 0. The van der Waals surface area contributed by atoms with Crippen LogP contribution in [0.3, 0.4) is 0 Å². The van der Waals surface area contributed by atoms with Crippen molar-refractivity contribution in [2.75, 3.05) is 26.9 Å². The highest BCUT2D eigenvalue weighted by Gasteiger charge is 2.34. The van der Waals surface area contributed by atoms with E-state index in [9.17, 15) is 4.79 Å². The summed E-state index contributed by atoms with van der Waals surface area (Å²) in [7, 11) is 1.67. The molecule has 1 atom stereocenters. The van der Waals surface area contributed by atoms with E-state index in [0.717, 1.165) is 30.1 Å². The molecule has 1 fully saturated rings. The second-order valence-corrected chi connectivity index (χ2v) is 7.85. The van der Waals surface area contributed by atoms with Gasteiger partial charge in [-0.3, -0.25) is 4.79 Å². The first kappa shape index (κ1) is 19.6. The van der Waals surface area contributed by atoms with E-state index in [-0.39, 0.29) is 11.8 Å². The van der Waals surface area contributed by atoms with E-state index >= 15 is 0 Å². The highest BCUT2D eigenvalue weighted by atomic mass is 16.6. The molecule has 0 spiro atoms. The number of aryl methyl sites for hydroxylation is 1. The molecule has 1 heterocycles. The maximum atomic E-state index is 12.6. The minimum Gasteiger partial charge on any atom is -0.497 e. The molecule has 1 aliphatic heterocycles. The van der Waals surface area contributed by atoms with Gasteiger partial charge in [-0.2, -0.15) is 0 Å². The van der Waals surface area contributed by atoms with Gasteiger partial charge in [0.2, 0.25) is 5.91 Å². The Morgan fingerprint density at radius 2 is 1.86 bits per heavy atom. The van der Waals surface area contributed by atoms with Crippen LogP contribution in [0.15, 0.2) is 42.5 Å². The molecule has 5 nitrogen and oxygen atoms in total. The van der Waals surface area contributed by atoms with Crippen LogP contribution in [0.2, 0.25) is 0 Å². The average Bonchev–Trinajstić information content (AvgIpc) is 3.60. The van der Waals surface area contributed by atoms with Crippen LogP contribution in [0.4, 0.5) is 0 Å². The second kappa shape index (κ2) is 9.21. The molecule has 1 amide bonds. The van der Waals surface area contributed by atoms with Crippen LogP contribution in [-0.4, -0.2) is 32.8 Å². The van der Waals surface area contributed by atoms with Crippen molar-refractivity contribution in [1.29, 1.82) is 0 Å². The molecule has 2 aromatic rings. The molecular formula is C24H29NO4. The first-order valence-corrected chi connectivity index (χ1v) is 10.5. The topological polar surface area (TPSA) is 56.8 Å². The molecule has 1 unspecified atom stereocenters. The number of rotatable bonds is 9. The van der Waals surface area contributed by atoms with Gasteiger partial charge in [0.25, 0.3) is 0 Å². The standard InChI is InChI=1S/C24H29NO4/c1-27-20-9-4-17(5-10-20)3-2-12-25-24(26)16-21(18-6-7-18)19-8-11-22-23(15-19)29-14-13-28-22/h4-5,8-11,15,18,21H,2-3,6-7,12-14,16H2,1H3,(H,25,26). The Balaban J connectivity index is 1.27. The summed E-state index contributed by atoms with van der Waals surface area (Å²) in [5, 5.41) is 3.10. The van der Waals surface area contributed by atoms with E-state index in [1.165, 1.54) is 24.0 Å². The van der Waals surface area contributed by atoms with E-state index < -0.39 is 0 Å². The Hall–Kier alpha value is -2.69. The Kier molecular flexibility index (Phi) is 6.23. The van der Waals surface area contributed by atoms with E-state index in [1.54, 1.807) is 7.11 Å². The summed E-state index contributed by atoms with van der Waals surface area (Å²) in [4.78, 5) is 12.6. The van der Waals surface area contributed by atoms with E-state index in [4.69, 9.17) is 14.2 Å². The van der Waals surface area contributed by atoms with Gasteiger partial charge in [0.05, 0.1) is 7.11 Å². The third kappa shape index (κ3) is 5.22. The smallest absolute Gasteiger partial charge is 0.220 e. The van der Waals surface area contributed by atoms with Gasteiger partial charge in [0.15, 0.2) is 11.5 Å². The van der Waals surface area contributed by atoms with Crippen molar-refractivity contribution in [1.82, 2.24) is 5.32 Å². The molecule has 0 saturated heterocycles. The van der Waals surface area contributed by atoms with Gasteiger partial charge in [-0.25, -0.2) is 0 Å². The number of benzene rings is 2. The maximum Gasteiger partial charge on any atom is 0.220 e. The molecule has 0 radical (unpaired) electrons. The Morgan fingerprint density at radius 3 is 2.59 bits per heavy atom. The average molecular weight is 395 g/mol. The number of carbonyl (C=O) groups is 1. The van der Waals surface area contributed by atoms with Crippen LogP contribution in [0, 0.1) is 5.92 Å². The zero-order valence-electron chi connectivity index (χ0n) is 17.0. The number of nitrogens with one attached hydrogen (secondary N) is 1. The summed E-state index contributed by atoms with van der Waals surface area (Å²) in [6.07, 6.45) is 4.80. The van der Waals surface area contributed by atoms with Gasteiger partial charge >= 0.3 is 0 Å². The number of amides is 1. The molecule has 5 heteroatoms. The summed E-state index contributed by atoms with van der Waals surface area (Å²) < 4.78 is 16.5. The minimum atomic E-state index is 0.131. The van der Waals surface area contributed by atoms with Gasteiger partial charge in [0.1, 0.15) is 19.0 Å². The zero-order valence-corrected chi connectivity index (χ0v) is 17.0. The third-order valence-corrected chi connectivity index (χ3v) is 5.71. The molecule has 4 rings (SSSR count). The summed E-state index contributed by atoms with van der Waals surface area (Å²) in [5.74, 6) is 3.46. The maximum absolute atomic E-state index is 12.6. The first-order chi connectivity index (χ1) is 14.2. The molecule has 1 saturated carbocycles. The fraction of sp³-hybridized carbons (Fsp3) is 0.458. The van der Waals surface area contributed by atoms with Gasteiger partial charge in [0, 0.05) is 13.0 Å². The summed E-state index contributed by atoms with van der Waals surface area (Å²) in [6.45, 7) is 1.87. The number of hydrogen-bond acceptors (Lipinski definition) is 4. The van der Waals surface area contributed by atoms with Gasteiger partial charge in [-0.05, 0) is 72.9 Å². The van der Waals surface area contributed by atoms with Crippen molar-refractivity contribution in [2.24, 2.45) is 5.92 Å². The second-order valence-electron chi connectivity index (χ2n) is 7.85. The third-order valence-electron chi connectivity index (χ3n) is 5.71.